The molecule has 1 amide bonds. The summed E-state index contributed by atoms with van der Waals surface area (Å²) in [4.78, 5) is 19.4. The first kappa shape index (κ1) is 19.8. The van der Waals surface area contributed by atoms with Crippen LogP contribution >= 0.6 is 0 Å². The van der Waals surface area contributed by atoms with Gasteiger partial charge in [-0.2, -0.15) is 0 Å². The number of benzene rings is 1. The van der Waals surface area contributed by atoms with Crippen LogP contribution in [0.1, 0.15) is 48.6 Å². The quantitative estimate of drug-likeness (QED) is 0.769. The summed E-state index contributed by atoms with van der Waals surface area (Å²) in [7, 11) is 0. The van der Waals surface area contributed by atoms with Gasteiger partial charge in [-0.05, 0) is 56.3 Å². The van der Waals surface area contributed by atoms with E-state index in [4.69, 9.17) is 4.42 Å². The summed E-state index contributed by atoms with van der Waals surface area (Å²) in [5.41, 5.74) is 2.13. The lowest BCUT2D eigenvalue weighted by atomic mass is 9.80. The number of piperidine rings is 2. The molecule has 2 fully saturated rings. The van der Waals surface area contributed by atoms with Crippen molar-refractivity contribution >= 4 is 5.91 Å². The van der Waals surface area contributed by atoms with Crippen LogP contribution in [-0.4, -0.2) is 48.0 Å². The van der Waals surface area contributed by atoms with Gasteiger partial charge in [0.05, 0.1) is 6.54 Å². The summed E-state index contributed by atoms with van der Waals surface area (Å²) in [5.74, 6) is 3.48. The maximum Gasteiger partial charge on any atom is 0.222 e. The van der Waals surface area contributed by atoms with Crippen LogP contribution in [0.5, 0.6) is 0 Å². The van der Waals surface area contributed by atoms with Crippen LogP contribution in [0.4, 0.5) is 0 Å². The molecule has 5 rings (SSSR count). The van der Waals surface area contributed by atoms with E-state index in [0.29, 0.717) is 25.4 Å². The molecule has 2 bridgehead atoms. The zero-order valence-corrected chi connectivity index (χ0v) is 17.6. The molecule has 0 radical (unpaired) electrons. The van der Waals surface area contributed by atoms with Gasteiger partial charge >= 0.3 is 0 Å². The predicted octanol–water partition coefficient (Wildman–Crippen LogP) is 2.52. The van der Waals surface area contributed by atoms with E-state index in [9.17, 15) is 4.79 Å². The molecular weight excluding hydrogens is 376 g/mol. The molecule has 6 nitrogen and oxygen atoms in total. The van der Waals surface area contributed by atoms with Crippen LogP contribution in [0.15, 0.2) is 34.7 Å². The van der Waals surface area contributed by atoms with Crippen LogP contribution in [0.3, 0.4) is 0 Å². The van der Waals surface area contributed by atoms with Crippen molar-refractivity contribution in [1.82, 2.24) is 20.5 Å². The number of hydrogen-bond acceptors (Lipinski definition) is 5. The molecule has 2 aromatic rings. The molecule has 0 spiro atoms. The zero-order valence-electron chi connectivity index (χ0n) is 17.6. The van der Waals surface area contributed by atoms with Crippen LogP contribution in [0, 0.1) is 11.8 Å². The first-order chi connectivity index (χ1) is 14.7. The number of nitrogens with one attached hydrogen (secondary N) is 2. The average molecular weight is 409 g/mol. The Balaban J connectivity index is 1.11. The molecular formula is C24H32N4O2. The van der Waals surface area contributed by atoms with Crippen molar-refractivity contribution in [3.05, 3.63) is 53.2 Å². The van der Waals surface area contributed by atoms with Crippen molar-refractivity contribution in [2.24, 2.45) is 11.8 Å². The SMILES string of the molecule is O=C(CCC[C@@H]1NC[C@@H]2CNC[C@H]1C2)N1CCc2oc(Cc3ccccc3)nc2C1. The Labute approximate surface area is 178 Å². The Morgan fingerprint density at radius 3 is 3.00 bits per heavy atom. The van der Waals surface area contributed by atoms with Crippen molar-refractivity contribution in [3.63, 3.8) is 0 Å². The Morgan fingerprint density at radius 2 is 2.10 bits per heavy atom. The third-order valence-corrected chi connectivity index (χ3v) is 6.94. The smallest absolute Gasteiger partial charge is 0.222 e. The van der Waals surface area contributed by atoms with Crippen LogP contribution < -0.4 is 10.6 Å². The highest BCUT2D eigenvalue weighted by atomic mass is 16.4. The molecule has 1 aromatic carbocycles. The lowest BCUT2D eigenvalue weighted by Crippen LogP contribution is -2.54. The summed E-state index contributed by atoms with van der Waals surface area (Å²) in [6.07, 6.45) is 5.49. The highest BCUT2D eigenvalue weighted by Gasteiger charge is 2.33. The van der Waals surface area contributed by atoms with Gasteiger partial charge in [-0.25, -0.2) is 4.98 Å². The number of aromatic nitrogens is 1. The Kier molecular flexibility index (Phi) is 5.86. The third-order valence-electron chi connectivity index (χ3n) is 6.94. The van der Waals surface area contributed by atoms with Crippen molar-refractivity contribution in [2.45, 2.75) is 51.1 Å². The minimum Gasteiger partial charge on any atom is -0.445 e. The fourth-order valence-corrected chi connectivity index (χ4v) is 5.29. The zero-order chi connectivity index (χ0) is 20.3. The molecule has 3 atom stereocenters. The molecule has 0 saturated carbocycles. The van der Waals surface area contributed by atoms with Gasteiger partial charge in [0.2, 0.25) is 5.91 Å². The minimum absolute atomic E-state index is 0.253. The van der Waals surface area contributed by atoms with E-state index in [1.165, 1.54) is 12.0 Å². The second-order valence-corrected chi connectivity index (χ2v) is 9.13. The Bertz CT molecular complexity index is 865. The van der Waals surface area contributed by atoms with Crippen molar-refractivity contribution in [3.8, 4) is 0 Å². The lowest BCUT2D eigenvalue weighted by molar-refractivity contribution is -0.132. The van der Waals surface area contributed by atoms with Gasteiger partial charge in [-0.1, -0.05) is 30.3 Å². The van der Waals surface area contributed by atoms with Crippen LogP contribution in [0.25, 0.3) is 0 Å². The molecule has 0 unspecified atom stereocenters. The summed E-state index contributed by atoms with van der Waals surface area (Å²) in [6, 6.07) is 10.8. The molecule has 1 aromatic heterocycles. The lowest BCUT2D eigenvalue weighted by Gasteiger charge is -2.41. The van der Waals surface area contributed by atoms with Crippen molar-refractivity contribution in [2.75, 3.05) is 26.2 Å². The number of carbonyl (C=O) groups excluding carboxylic acids is 1. The Morgan fingerprint density at radius 1 is 1.20 bits per heavy atom. The van der Waals surface area contributed by atoms with E-state index in [1.807, 2.05) is 23.1 Å². The van der Waals surface area contributed by atoms with Gasteiger partial charge in [0.25, 0.3) is 0 Å². The topological polar surface area (TPSA) is 70.4 Å². The van der Waals surface area contributed by atoms with E-state index in [-0.39, 0.29) is 5.91 Å². The van der Waals surface area contributed by atoms with Crippen molar-refractivity contribution in [1.29, 1.82) is 0 Å². The maximum atomic E-state index is 12.8. The highest BCUT2D eigenvalue weighted by molar-refractivity contribution is 5.76. The first-order valence-electron chi connectivity index (χ1n) is 11.5. The summed E-state index contributed by atoms with van der Waals surface area (Å²) >= 11 is 0. The van der Waals surface area contributed by atoms with Crippen LogP contribution in [0.2, 0.25) is 0 Å². The van der Waals surface area contributed by atoms with Gasteiger partial charge in [0, 0.05) is 31.8 Å². The number of amides is 1. The molecule has 160 valence electrons. The number of fused-ring (bicyclic) bond motifs is 3. The fourth-order valence-electron chi connectivity index (χ4n) is 5.29. The second kappa shape index (κ2) is 8.90. The molecule has 4 heterocycles. The number of nitrogens with zero attached hydrogens (tertiary/aromatic N) is 2. The second-order valence-electron chi connectivity index (χ2n) is 9.13. The van der Waals surface area contributed by atoms with Crippen molar-refractivity contribution < 1.29 is 9.21 Å². The molecule has 3 aliphatic heterocycles. The van der Waals surface area contributed by atoms with E-state index in [0.717, 1.165) is 74.6 Å². The number of rotatable bonds is 6. The van der Waals surface area contributed by atoms with E-state index in [1.54, 1.807) is 0 Å². The third kappa shape index (κ3) is 4.44. The van der Waals surface area contributed by atoms with Gasteiger partial charge in [0.15, 0.2) is 5.89 Å². The number of carbonyl (C=O) groups is 1. The van der Waals surface area contributed by atoms with Gasteiger partial charge in [0.1, 0.15) is 11.5 Å². The minimum atomic E-state index is 0.253. The molecule has 2 saturated heterocycles. The van der Waals surface area contributed by atoms with Gasteiger partial charge < -0.3 is 20.0 Å². The summed E-state index contributed by atoms with van der Waals surface area (Å²) < 4.78 is 5.97. The predicted molar refractivity (Wildman–Crippen MR) is 115 cm³/mol. The molecule has 6 heteroatoms. The summed E-state index contributed by atoms with van der Waals surface area (Å²) in [6.45, 7) is 4.72. The molecule has 0 aliphatic carbocycles. The van der Waals surface area contributed by atoms with Crippen LogP contribution in [-0.2, 0) is 24.2 Å². The number of hydrogen-bond donors (Lipinski definition) is 2. The van der Waals surface area contributed by atoms with E-state index < -0.39 is 0 Å². The molecule has 2 N–H and O–H groups in total. The van der Waals surface area contributed by atoms with Gasteiger partial charge in [-0.15, -0.1) is 0 Å². The normalized spacial score (nSPS) is 25.7. The number of oxazole rings is 1. The summed E-state index contributed by atoms with van der Waals surface area (Å²) in [5, 5.41) is 7.29. The maximum absolute atomic E-state index is 12.8. The van der Waals surface area contributed by atoms with E-state index >= 15 is 0 Å². The monoisotopic (exact) mass is 408 g/mol. The molecule has 3 aliphatic rings. The first-order valence-corrected chi connectivity index (χ1v) is 11.5. The van der Waals surface area contributed by atoms with Gasteiger partial charge in [-0.3, -0.25) is 4.79 Å². The van der Waals surface area contributed by atoms with E-state index in [2.05, 4.69) is 27.8 Å². The largest absolute Gasteiger partial charge is 0.445 e. The average Bonchev–Trinajstić information content (AvgIpc) is 3.17. The highest BCUT2D eigenvalue weighted by Crippen LogP contribution is 2.27. The fraction of sp³-hybridized carbons (Fsp3) is 0.583. The molecule has 30 heavy (non-hydrogen) atoms. The standard InChI is InChI=1S/C24H32N4O2/c29-24(8-4-7-20-19-11-18(14-26-20)13-25-15-19)28-10-9-22-21(16-28)27-23(30-22)12-17-5-2-1-3-6-17/h1-3,5-6,18-20,25-26H,4,7-16H2/t18-,19+,20-/m0/s1. The Hall–Kier alpha value is -2.18.